The maximum Gasteiger partial charge on any atom is 0.137 e. The average Bonchev–Trinajstić information content (AvgIpc) is 2.52. The summed E-state index contributed by atoms with van der Waals surface area (Å²) in [6, 6.07) is 0. The van der Waals surface area contributed by atoms with Crippen molar-refractivity contribution in [3.8, 4) is 0 Å². The molecule has 0 aliphatic heterocycles. The van der Waals surface area contributed by atoms with E-state index in [1.54, 1.807) is 12.7 Å². The van der Waals surface area contributed by atoms with Crippen LogP contribution in [-0.4, -0.2) is 20.1 Å². The molecule has 11 heavy (non-hydrogen) atoms. The van der Waals surface area contributed by atoms with Crippen LogP contribution in [0.25, 0.3) is 0 Å². The topological polar surface area (TPSA) is 30.7 Å². The Hall–Kier alpha value is -0.380. The van der Waals surface area contributed by atoms with Gasteiger partial charge in [0.25, 0.3) is 0 Å². The highest BCUT2D eigenvalue weighted by atomic mass is 79.9. The number of halogens is 1. The van der Waals surface area contributed by atoms with Gasteiger partial charge < -0.3 is 0 Å². The van der Waals surface area contributed by atoms with Crippen molar-refractivity contribution in [2.45, 2.75) is 19.9 Å². The number of aryl methyl sites for hydroxylation is 1. The van der Waals surface area contributed by atoms with Crippen LogP contribution >= 0.6 is 15.9 Å². The monoisotopic (exact) mass is 217 g/mol. The molecule has 0 aromatic carbocycles. The first-order valence-corrected chi connectivity index (χ1v) is 4.83. The molecule has 0 radical (unpaired) electrons. The molecule has 0 fully saturated rings. The third-order valence-electron chi connectivity index (χ3n) is 1.58. The van der Waals surface area contributed by atoms with Crippen molar-refractivity contribution >= 4 is 15.9 Å². The first kappa shape index (κ1) is 8.71. The molecule has 0 spiro atoms. The molecule has 3 nitrogen and oxygen atoms in total. The SMILES string of the molecule is CC(CBr)CCn1cncn1. The van der Waals surface area contributed by atoms with E-state index in [1.807, 2.05) is 4.68 Å². The van der Waals surface area contributed by atoms with Gasteiger partial charge in [-0.25, -0.2) is 4.98 Å². The molecule has 0 bridgehead atoms. The molecule has 4 heteroatoms. The number of aromatic nitrogens is 3. The molecule has 0 aliphatic carbocycles. The zero-order chi connectivity index (χ0) is 8.10. The quantitative estimate of drug-likeness (QED) is 0.720. The number of hydrogen-bond acceptors (Lipinski definition) is 2. The van der Waals surface area contributed by atoms with Gasteiger partial charge in [-0.15, -0.1) is 0 Å². The van der Waals surface area contributed by atoms with E-state index in [2.05, 4.69) is 32.9 Å². The van der Waals surface area contributed by atoms with E-state index in [0.29, 0.717) is 5.92 Å². The minimum atomic E-state index is 0.708. The molecule has 1 aromatic rings. The molecule has 1 atom stereocenters. The highest BCUT2D eigenvalue weighted by Gasteiger charge is 1.99. The van der Waals surface area contributed by atoms with Crippen LogP contribution in [-0.2, 0) is 6.54 Å². The van der Waals surface area contributed by atoms with Gasteiger partial charge in [0.05, 0.1) is 0 Å². The van der Waals surface area contributed by atoms with E-state index in [4.69, 9.17) is 0 Å². The summed E-state index contributed by atoms with van der Waals surface area (Å²) in [7, 11) is 0. The van der Waals surface area contributed by atoms with Crippen LogP contribution in [0.5, 0.6) is 0 Å². The number of hydrogen-bond donors (Lipinski definition) is 0. The van der Waals surface area contributed by atoms with Crippen LogP contribution in [0.2, 0.25) is 0 Å². The standard InChI is InChI=1S/C7H12BrN3/c1-7(4-8)2-3-11-6-9-5-10-11/h5-7H,2-4H2,1H3. The Bertz CT molecular complexity index is 186. The molecule has 1 rings (SSSR count). The molecule has 0 aliphatic rings. The Morgan fingerprint density at radius 3 is 3.00 bits per heavy atom. The summed E-state index contributed by atoms with van der Waals surface area (Å²) in [6.45, 7) is 3.18. The molecular weight excluding hydrogens is 206 g/mol. The lowest BCUT2D eigenvalue weighted by Crippen LogP contribution is -2.04. The van der Waals surface area contributed by atoms with E-state index in [1.165, 1.54) is 0 Å². The van der Waals surface area contributed by atoms with E-state index in [-0.39, 0.29) is 0 Å². The summed E-state index contributed by atoms with van der Waals surface area (Å²) >= 11 is 3.43. The lowest BCUT2D eigenvalue weighted by Gasteiger charge is -2.05. The molecule has 0 saturated carbocycles. The van der Waals surface area contributed by atoms with Crippen molar-refractivity contribution in [2.75, 3.05) is 5.33 Å². The Labute approximate surface area is 75.0 Å². The minimum Gasteiger partial charge on any atom is -0.253 e. The number of alkyl halides is 1. The molecule has 0 saturated heterocycles. The summed E-state index contributed by atoms with van der Waals surface area (Å²) in [6.07, 6.45) is 4.47. The van der Waals surface area contributed by atoms with Crippen LogP contribution in [0.4, 0.5) is 0 Å². The van der Waals surface area contributed by atoms with E-state index in [9.17, 15) is 0 Å². The highest BCUT2D eigenvalue weighted by Crippen LogP contribution is 2.05. The first-order valence-electron chi connectivity index (χ1n) is 3.71. The summed E-state index contributed by atoms with van der Waals surface area (Å²) in [5.74, 6) is 0.708. The van der Waals surface area contributed by atoms with Crippen LogP contribution in [0, 0.1) is 5.92 Å². The fourth-order valence-electron chi connectivity index (χ4n) is 0.778. The maximum absolute atomic E-state index is 4.01. The number of nitrogens with zero attached hydrogens (tertiary/aromatic N) is 3. The van der Waals surface area contributed by atoms with Gasteiger partial charge in [-0.1, -0.05) is 22.9 Å². The molecular formula is C7H12BrN3. The van der Waals surface area contributed by atoms with Crippen molar-refractivity contribution in [2.24, 2.45) is 5.92 Å². The summed E-state index contributed by atoms with van der Waals surface area (Å²) in [4.78, 5) is 3.87. The molecule has 62 valence electrons. The molecule has 0 amide bonds. The third-order valence-corrected chi connectivity index (χ3v) is 2.69. The Morgan fingerprint density at radius 2 is 2.45 bits per heavy atom. The Morgan fingerprint density at radius 1 is 1.64 bits per heavy atom. The van der Waals surface area contributed by atoms with Gasteiger partial charge in [0, 0.05) is 11.9 Å². The molecule has 1 aromatic heterocycles. The maximum atomic E-state index is 4.01. The summed E-state index contributed by atoms with van der Waals surface area (Å²) in [5.41, 5.74) is 0. The zero-order valence-corrected chi connectivity index (χ0v) is 8.16. The van der Waals surface area contributed by atoms with E-state index in [0.717, 1.165) is 18.3 Å². The van der Waals surface area contributed by atoms with Gasteiger partial charge in [0.2, 0.25) is 0 Å². The van der Waals surface area contributed by atoms with Gasteiger partial charge in [-0.2, -0.15) is 5.10 Å². The predicted molar refractivity (Wildman–Crippen MR) is 47.6 cm³/mol. The second-order valence-corrected chi connectivity index (χ2v) is 3.35. The lowest BCUT2D eigenvalue weighted by atomic mass is 10.1. The van der Waals surface area contributed by atoms with Crippen molar-refractivity contribution < 1.29 is 0 Å². The third kappa shape index (κ3) is 3.01. The lowest BCUT2D eigenvalue weighted by molar-refractivity contribution is 0.493. The fraction of sp³-hybridized carbons (Fsp3) is 0.714. The van der Waals surface area contributed by atoms with Crippen LogP contribution in [0.3, 0.4) is 0 Å². The summed E-state index contributed by atoms with van der Waals surface area (Å²) < 4.78 is 1.86. The second-order valence-electron chi connectivity index (χ2n) is 2.71. The number of rotatable bonds is 4. The van der Waals surface area contributed by atoms with Gasteiger partial charge in [0.15, 0.2) is 0 Å². The second kappa shape index (κ2) is 4.49. The van der Waals surface area contributed by atoms with E-state index >= 15 is 0 Å². The van der Waals surface area contributed by atoms with E-state index < -0.39 is 0 Å². The minimum absolute atomic E-state index is 0.708. The average molecular weight is 218 g/mol. The van der Waals surface area contributed by atoms with Crippen LogP contribution in [0.1, 0.15) is 13.3 Å². The molecule has 1 heterocycles. The fourth-order valence-corrected chi connectivity index (χ4v) is 1.10. The largest absolute Gasteiger partial charge is 0.253 e. The Kier molecular flexibility index (Phi) is 3.56. The molecule has 0 N–H and O–H groups in total. The van der Waals surface area contributed by atoms with Crippen LogP contribution in [0.15, 0.2) is 12.7 Å². The first-order chi connectivity index (χ1) is 5.33. The Balaban J connectivity index is 2.23. The summed E-state index contributed by atoms with van der Waals surface area (Å²) in [5, 5.41) is 5.07. The molecule has 1 unspecified atom stereocenters. The zero-order valence-electron chi connectivity index (χ0n) is 6.57. The normalized spacial score (nSPS) is 13.3. The van der Waals surface area contributed by atoms with Crippen molar-refractivity contribution in [1.82, 2.24) is 14.8 Å². The smallest absolute Gasteiger partial charge is 0.137 e. The van der Waals surface area contributed by atoms with Gasteiger partial charge in [0.1, 0.15) is 12.7 Å². The van der Waals surface area contributed by atoms with Gasteiger partial charge >= 0.3 is 0 Å². The van der Waals surface area contributed by atoms with Crippen LogP contribution < -0.4 is 0 Å². The van der Waals surface area contributed by atoms with Crippen molar-refractivity contribution in [3.05, 3.63) is 12.7 Å². The van der Waals surface area contributed by atoms with Gasteiger partial charge in [-0.3, -0.25) is 4.68 Å². The van der Waals surface area contributed by atoms with Crippen molar-refractivity contribution in [3.63, 3.8) is 0 Å². The van der Waals surface area contributed by atoms with Gasteiger partial charge in [-0.05, 0) is 12.3 Å². The highest BCUT2D eigenvalue weighted by molar-refractivity contribution is 9.09. The van der Waals surface area contributed by atoms with Crippen molar-refractivity contribution in [1.29, 1.82) is 0 Å². The predicted octanol–water partition coefficient (Wildman–Crippen LogP) is 1.70.